The zero-order valence-electron chi connectivity index (χ0n) is 10.8. The van der Waals surface area contributed by atoms with E-state index >= 15 is 0 Å². The summed E-state index contributed by atoms with van der Waals surface area (Å²) in [6.07, 6.45) is 0. The SMILES string of the molecule is COc1ccc(Cl)c2nc(Cl)c(C(C)(C)C)cc12. The highest BCUT2D eigenvalue weighted by molar-refractivity contribution is 6.36. The molecular formula is C14H15Cl2NO. The fraction of sp³-hybridized carbons (Fsp3) is 0.357. The first-order valence-electron chi connectivity index (χ1n) is 5.68. The first-order chi connectivity index (χ1) is 8.34. The fourth-order valence-corrected chi connectivity index (χ4v) is 2.51. The predicted octanol–water partition coefficient (Wildman–Crippen LogP) is 4.85. The van der Waals surface area contributed by atoms with Crippen LogP contribution < -0.4 is 4.74 Å². The number of nitrogens with zero attached hydrogens (tertiary/aromatic N) is 1. The van der Waals surface area contributed by atoms with Crippen molar-refractivity contribution in [1.29, 1.82) is 0 Å². The van der Waals surface area contributed by atoms with Crippen LogP contribution in [0, 0.1) is 0 Å². The number of hydrogen-bond donors (Lipinski definition) is 0. The van der Waals surface area contributed by atoms with Crippen molar-refractivity contribution in [2.45, 2.75) is 26.2 Å². The van der Waals surface area contributed by atoms with Crippen molar-refractivity contribution in [3.8, 4) is 5.75 Å². The Bertz CT molecular complexity index is 603. The van der Waals surface area contributed by atoms with E-state index in [9.17, 15) is 0 Å². The maximum absolute atomic E-state index is 6.24. The van der Waals surface area contributed by atoms with Gasteiger partial charge in [-0.2, -0.15) is 0 Å². The van der Waals surface area contributed by atoms with Gasteiger partial charge < -0.3 is 4.74 Å². The average molecular weight is 284 g/mol. The van der Waals surface area contributed by atoms with Crippen LogP contribution in [0.5, 0.6) is 5.75 Å². The Hall–Kier alpha value is -0.990. The lowest BCUT2D eigenvalue weighted by atomic mass is 9.87. The van der Waals surface area contributed by atoms with E-state index in [-0.39, 0.29) is 5.41 Å². The van der Waals surface area contributed by atoms with Gasteiger partial charge in [0, 0.05) is 5.39 Å². The molecule has 2 aromatic rings. The predicted molar refractivity (Wildman–Crippen MR) is 77.0 cm³/mol. The molecule has 0 radical (unpaired) electrons. The summed E-state index contributed by atoms with van der Waals surface area (Å²) in [7, 11) is 1.63. The van der Waals surface area contributed by atoms with Crippen LogP contribution in [-0.2, 0) is 5.41 Å². The summed E-state index contributed by atoms with van der Waals surface area (Å²) in [4.78, 5) is 4.40. The minimum Gasteiger partial charge on any atom is -0.496 e. The van der Waals surface area contributed by atoms with Crippen molar-refractivity contribution in [3.05, 3.63) is 33.9 Å². The third-order valence-electron chi connectivity index (χ3n) is 2.88. The zero-order valence-corrected chi connectivity index (χ0v) is 12.4. The third kappa shape index (κ3) is 2.27. The van der Waals surface area contributed by atoms with Crippen LogP contribution in [0.25, 0.3) is 10.9 Å². The second-order valence-electron chi connectivity index (χ2n) is 5.22. The van der Waals surface area contributed by atoms with E-state index < -0.39 is 0 Å². The highest BCUT2D eigenvalue weighted by atomic mass is 35.5. The number of aromatic nitrogens is 1. The molecule has 0 fully saturated rings. The van der Waals surface area contributed by atoms with E-state index in [1.54, 1.807) is 13.2 Å². The number of fused-ring (bicyclic) bond motifs is 1. The largest absolute Gasteiger partial charge is 0.496 e. The maximum atomic E-state index is 6.24. The van der Waals surface area contributed by atoms with Crippen molar-refractivity contribution in [3.63, 3.8) is 0 Å². The molecule has 2 nitrogen and oxygen atoms in total. The molecule has 18 heavy (non-hydrogen) atoms. The van der Waals surface area contributed by atoms with E-state index in [2.05, 4.69) is 25.8 Å². The summed E-state index contributed by atoms with van der Waals surface area (Å²) in [5, 5.41) is 1.96. The summed E-state index contributed by atoms with van der Waals surface area (Å²) in [6, 6.07) is 5.62. The molecule has 0 amide bonds. The second kappa shape index (κ2) is 4.60. The van der Waals surface area contributed by atoms with E-state index in [1.165, 1.54) is 0 Å². The molecule has 0 aliphatic heterocycles. The topological polar surface area (TPSA) is 22.1 Å². The Morgan fingerprint density at radius 1 is 1.17 bits per heavy atom. The average Bonchev–Trinajstić information content (AvgIpc) is 2.28. The molecule has 4 heteroatoms. The van der Waals surface area contributed by atoms with Gasteiger partial charge in [-0.25, -0.2) is 4.98 Å². The van der Waals surface area contributed by atoms with Crippen molar-refractivity contribution in [2.75, 3.05) is 7.11 Å². The molecule has 0 bridgehead atoms. The van der Waals surface area contributed by atoms with Crippen LogP contribution in [0.3, 0.4) is 0 Å². The summed E-state index contributed by atoms with van der Waals surface area (Å²) >= 11 is 12.4. The molecule has 1 aromatic carbocycles. The molecule has 0 aliphatic rings. The number of halogens is 2. The number of ether oxygens (including phenoxy) is 1. The molecule has 0 saturated heterocycles. The van der Waals surface area contributed by atoms with Crippen molar-refractivity contribution < 1.29 is 4.74 Å². The van der Waals surface area contributed by atoms with E-state index in [0.29, 0.717) is 15.7 Å². The summed E-state index contributed by atoms with van der Waals surface area (Å²) in [5.41, 5.74) is 1.58. The Morgan fingerprint density at radius 3 is 2.39 bits per heavy atom. The van der Waals surface area contributed by atoms with Crippen molar-refractivity contribution in [1.82, 2.24) is 4.98 Å². The number of pyridine rings is 1. The highest BCUT2D eigenvalue weighted by Crippen LogP contribution is 2.36. The Morgan fingerprint density at radius 2 is 1.83 bits per heavy atom. The molecule has 0 aliphatic carbocycles. The van der Waals surface area contributed by atoms with Crippen molar-refractivity contribution in [2.24, 2.45) is 0 Å². The molecule has 1 heterocycles. The maximum Gasteiger partial charge on any atom is 0.133 e. The van der Waals surface area contributed by atoms with Crippen LogP contribution in [0.2, 0.25) is 10.2 Å². The third-order valence-corrected chi connectivity index (χ3v) is 3.47. The van der Waals surface area contributed by atoms with Crippen LogP contribution in [-0.4, -0.2) is 12.1 Å². The first-order valence-corrected chi connectivity index (χ1v) is 6.43. The van der Waals surface area contributed by atoms with Gasteiger partial charge in [0.25, 0.3) is 0 Å². The van der Waals surface area contributed by atoms with E-state index in [4.69, 9.17) is 27.9 Å². The van der Waals surface area contributed by atoms with Crippen LogP contribution >= 0.6 is 23.2 Å². The monoisotopic (exact) mass is 283 g/mol. The molecular weight excluding hydrogens is 269 g/mol. The van der Waals surface area contributed by atoms with Gasteiger partial charge in [0.2, 0.25) is 0 Å². The van der Waals surface area contributed by atoms with Gasteiger partial charge in [-0.05, 0) is 29.2 Å². The first kappa shape index (κ1) is 13.4. The lowest BCUT2D eigenvalue weighted by molar-refractivity contribution is 0.419. The number of rotatable bonds is 1. The summed E-state index contributed by atoms with van der Waals surface area (Å²) < 4.78 is 5.35. The molecule has 0 saturated carbocycles. The Labute approximate surface area is 117 Å². The van der Waals surface area contributed by atoms with E-state index in [1.807, 2.05) is 12.1 Å². The lowest BCUT2D eigenvalue weighted by Crippen LogP contribution is -2.12. The number of hydrogen-bond acceptors (Lipinski definition) is 2. The quantitative estimate of drug-likeness (QED) is 0.698. The number of methoxy groups -OCH3 is 1. The Balaban J connectivity index is 2.84. The van der Waals surface area contributed by atoms with Crippen LogP contribution in [0.1, 0.15) is 26.3 Å². The fourth-order valence-electron chi connectivity index (χ4n) is 1.88. The van der Waals surface area contributed by atoms with Gasteiger partial charge in [0.1, 0.15) is 10.9 Å². The van der Waals surface area contributed by atoms with Gasteiger partial charge >= 0.3 is 0 Å². The molecule has 1 aromatic heterocycles. The smallest absolute Gasteiger partial charge is 0.133 e. The van der Waals surface area contributed by atoms with Crippen molar-refractivity contribution >= 4 is 34.1 Å². The molecule has 0 spiro atoms. The van der Waals surface area contributed by atoms with Gasteiger partial charge in [-0.1, -0.05) is 44.0 Å². The summed E-state index contributed by atoms with van der Waals surface area (Å²) in [5.74, 6) is 0.754. The minimum absolute atomic E-state index is 0.0778. The van der Waals surface area contributed by atoms with Gasteiger partial charge in [-0.3, -0.25) is 0 Å². The standard InChI is InChI=1S/C14H15Cl2NO/c1-14(2,3)9-7-8-11(18-4)6-5-10(15)12(8)17-13(9)16/h5-7H,1-4H3. The minimum atomic E-state index is -0.0778. The normalized spacial score (nSPS) is 11.9. The molecule has 0 atom stereocenters. The van der Waals surface area contributed by atoms with Crippen LogP contribution in [0.15, 0.2) is 18.2 Å². The molecule has 0 unspecified atom stereocenters. The summed E-state index contributed by atoms with van der Waals surface area (Å²) in [6.45, 7) is 6.29. The molecule has 0 N–H and O–H groups in total. The van der Waals surface area contributed by atoms with Gasteiger partial charge in [0.15, 0.2) is 0 Å². The van der Waals surface area contributed by atoms with Gasteiger partial charge in [0.05, 0.1) is 17.6 Å². The van der Waals surface area contributed by atoms with Crippen LogP contribution in [0.4, 0.5) is 0 Å². The number of benzene rings is 1. The van der Waals surface area contributed by atoms with Gasteiger partial charge in [-0.15, -0.1) is 0 Å². The molecule has 2 rings (SSSR count). The molecule has 96 valence electrons. The lowest BCUT2D eigenvalue weighted by Gasteiger charge is -2.21. The second-order valence-corrected chi connectivity index (χ2v) is 5.99. The van der Waals surface area contributed by atoms with E-state index in [0.717, 1.165) is 16.7 Å². The highest BCUT2D eigenvalue weighted by Gasteiger charge is 2.20. The Kier molecular flexibility index (Phi) is 3.43. The zero-order chi connectivity index (χ0) is 13.5.